The predicted molar refractivity (Wildman–Crippen MR) is 70.8 cm³/mol. The van der Waals surface area contributed by atoms with Gasteiger partial charge >= 0.3 is 0 Å². The Morgan fingerprint density at radius 1 is 1.24 bits per heavy atom. The summed E-state index contributed by atoms with van der Waals surface area (Å²) in [6, 6.07) is 0.561. The first-order chi connectivity index (χ1) is 8.29. The normalized spacial score (nSPS) is 25.2. The van der Waals surface area contributed by atoms with Gasteiger partial charge in [0.25, 0.3) is 0 Å². The van der Waals surface area contributed by atoms with Crippen molar-refractivity contribution in [1.29, 1.82) is 0 Å². The van der Waals surface area contributed by atoms with Crippen LogP contribution in [0.1, 0.15) is 25.7 Å². The first-order valence-electron chi connectivity index (χ1n) is 6.70. The second kappa shape index (κ2) is 9.79. The van der Waals surface area contributed by atoms with Gasteiger partial charge in [-0.1, -0.05) is 0 Å². The minimum Gasteiger partial charge on any atom is -0.309 e. The predicted octanol–water partition coefficient (Wildman–Crippen LogP) is -0.249. The van der Waals surface area contributed by atoms with Crippen LogP contribution in [-0.4, -0.2) is 57.9 Å². The van der Waals surface area contributed by atoms with E-state index in [2.05, 4.69) is 40.5 Å². The monoisotopic (exact) mass is 241 g/mol. The highest BCUT2D eigenvalue weighted by Gasteiger charge is 2.12. The maximum Gasteiger partial charge on any atom is 0.0623 e. The van der Waals surface area contributed by atoms with E-state index in [1.54, 1.807) is 0 Å². The quantitative estimate of drug-likeness (QED) is 0.716. The highest BCUT2D eigenvalue weighted by Crippen LogP contribution is 2.05. The molecule has 2 radical (unpaired) electrons. The zero-order valence-corrected chi connectivity index (χ0v) is 11.3. The summed E-state index contributed by atoms with van der Waals surface area (Å²) < 4.78 is 0. The van der Waals surface area contributed by atoms with Gasteiger partial charge < -0.3 is 10.2 Å². The Morgan fingerprint density at radius 3 is 2.53 bits per heavy atom. The standard InChI is InChI=1S/C8H18N3.C4H9N2/c1-11(2)7-5-8-4-3-6-9-10-8;1-2-5-4-6-3-1/h8-9H,3-7H2,1-2H3;5H,1-4H2. The molecule has 2 saturated heterocycles. The molecule has 2 N–H and O–H groups in total. The van der Waals surface area contributed by atoms with Crippen molar-refractivity contribution < 1.29 is 0 Å². The van der Waals surface area contributed by atoms with Crippen molar-refractivity contribution in [1.82, 2.24) is 26.4 Å². The molecule has 2 fully saturated rings. The first kappa shape index (κ1) is 14.9. The number of nitrogens with one attached hydrogen (secondary N) is 2. The van der Waals surface area contributed by atoms with Crippen LogP contribution in [0.2, 0.25) is 0 Å². The molecule has 2 aliphatic heterocycles. The van der Waals surface area contributed by atoms with E-state index in [9.17, 15) is 0 Å². The minimum absolute atomic E-state index is 0.561. The zero-order valence-electron chi connectivity index (χ0n) is 11.3. The number of hydrogen-bond donors (Lipinski definition) is 2. The summed E-state index contributed by atoms with van der Waals surface area (Å²) in [5.74, 6) is 0. The molecule has 2 heterocycles. The van der Waals surface area contributed by atoms with Crippen molar-refractivity contribution in [2.75, 3.05) is 46.9 Å². The minimum atomic E-state index is 0.561. The SMILES string of the molecule is C1C[N]CNC1.CN(C)CCC1CCCN[N]1. The largest absolute Gasteiger partial charge is 0.309 e. The fourth-order valence-corrected chi connectivity index (χ4v) is 1.84. The Labute approximate surface area is 106 Å². The van der Waals surface area contributed by atoms with Crippen LogP contribution < -0.4 is 21.5 Å². The summed E-state index contributed by atoms with van der Waals surface area (Å²) in [5, 5.41) is 7.18. The third-order valence-electron chi connectivity index (χ3n) is 2.90. The molecule has 0 aliphatic carbocycles. The molecular weight excluding hydrogens is 214 g/mol. The molecule has 5 heteroatoms. The average molecular weight is 241 g/mol. The highest BCUT2D eigenvalue weighted by atomic mass is 15.4. The van der Waals surface area contributed by atoms with Gasteiger partial charge in [-0.25, -0.2) is 10.7 Å². The number of rotatable bonds is 3. The van der Waals surface area contributed by atoms with Crippen molar-refractivity contribution in [2.45, 2.75) is 31.7 Å². The fourth-order valence-electron chi connectivity index (χ4n) is 1.84. The summed E-state index contributed by atoms with van der Waals surface area (Å²) in [6.07, 6.45) is 4.96. The Hall–Kier alpha value is -0.200. The van der Waals surface area contributed by atoms with Gasteiger partial charge in [0.1, 0.15) is 0 Å². The maximum absolute atomic E-state index is 4.32. The molecule has 1 unspecified atom stereocenters. The summed E-state index contributed by atoms with van der Waals surface area (Å²) in [7, 11) is 4.21. The molecule has 1 atom stereocenters. The Morgan fingerprint density at radius 2 is 2.12 bits per heavy atom. The molecule has 0 spiro atoms. The summed E-state index contributed by atoms with van der Waals surface area (Å²) in [5.41, 5.74) is 7.39. The second-order valence-electron chi connectivity index (χ2n) is 4.88. The molecule has 2 rings (SSSR count). The van der Waals surface area contributed by atoms with Gasteiger partial charge in [0, 0.05) is 19.1 Å². The Balaban J connectivity index is 0.000000202. The highest BCUT2D eigenvalue weighted by molar-refractivity contribution is 4.69. The van der Waals surface area contributed by atoms with Gasteiger partial charge in [-0.2, -0.15) is 5.43 Å². The van der Waals surface area contributed by atoms with E-state index >= 15 is 0 Å². The molecular formula is C12H27N5. The van der Waals surface area contributed by atoms with Crippen molar-refractivity contribution in [2.24, 2.45) is 0 Å². The summed E-state index contributed by atoms with van der Waals surface area (Å²) in [4.78, 5) is 2.21. The molecule has 17 heavy (non-hydrogen) atoms. The van der Waals surface area contributed by atoms with Gasteiger partial charge in [0.05, 0.1) is 6.67 Å². The maximum atomic E-state index is 4.32. The Bertz CT molecular complexity index is 153. The topological polar surface area (TPSA) is 55.5 Å². The van der Waals surface area contributed by atoms with Gasteiger partial charge in [-0.3, -0.25) is 0 Å². The third kappa shape index (κ3) is 8.51. The molecule has 5 nitrogen and oxygen atoms in total. The van der Waals surface area contributed by atoms with E-state index in [-0.39, 0.29) is 0 Å². The van der Waals surface area contributed by atoms with Crippen molar-refractivity contribution in [3.05, 3.63) is 0 Å². The van der Waals surface area contributed by atoms with Crippen LogP contribution in [0.3, 0.4) is 0 Å². The molecule has 0 bridgehead atoms. The lowest BCUT2D eigenvalue weighted by atomic mass is 10.1. The molecule has 0 amide bonds. The lowest BCUT2D eigenvalue weighted by Gasteiger charge is -2.23. The average Bonchev–Trinajstić information content (AvgIpc) is 2.40. The number of nitrogens with zero attached hydrogens (tertiary/aromatic N) is 3. The molecule has 0 aromatic heterocycles. The van der Waals surface area contributed by atoms with Crippen molar-refractivity contribution in [3.63, 3.8) is 0 Å². The van der Waals surface area contributed by atoms with Gasteiger partial charge in [0.15, 0.2) is 0 Å². The second-order valence-corrected chi connectivity index (χ2v) is 4.88. The van der Waals surface area contributed by atoms with Crippen LogP contribution in [0, 0.1) is 0 Å². The van der Waals surface area contributed by atoms with Gasteiger partial charge in [-0.15, -0.1) is 0 Å². The van der Waals surface area contributed by atoms with E-state index in [1.165, 1.54) is 25.7 Å². The van der Waals surface area contributed by atoms with Crippen LogP contribution >= 0.6 is 0 Å². The lowest BCUT2D eigenvalue weighted by Crippen LogP contribution is -2.40. The lowest BCUT2D eigenvalue weighted by molar-refractivity contribution is 0.286. The zero-order chi connectivity index (χ0) is 12.3. The van der Waals surface area contributed by atoms with Crippen LogP contribution in [0.15, 0.2) is 0 Å². The molecule has 2 aliphatic rings. The van der Waals surface area contributed by atoms with E-state index < -0.39 is 0 Å². The van der Waals surface area contributed by atoms with E-state index in [0.29, 0.717) is 6.04 Å². The molecule has 0 aromatic carbocycles. The summed E-state index contributed by atoms with van der Waals surface area (Å²) >= 11 is 0. The molecule has 0 saturated carbocycles. The van der Waals surface area contributed by atoms with Crippen molar-refractivity contribution in [3.8, 4) is 0 Å². The van der Waals surface area contributed by atoms with E-state index in [0.717, 1.165) is 32.8 Å². The van der Waals surface area contributed by atoms with E-state index in [4.69, 9.17) is 0 Å². The third-order valence-corrected chi connectivity index (χ3v) is 2.90. The van der Waals surface area contributed by atoms with Crippen LogP contribution in [0.25, 0.3) is 0 Å². The molecule has 100 valence electrons. The first-order valence-corrected chi connectivity index (χ1v) is 6.70. The Kier molecular flexibility index (Phi) is 8.56. The fraction of sp³-hybridized carbons (Fsp3) is 1.00. The summed E-state index contributed by atoms with van der Waals surface area (Å²) in [6.45, 7) is 5.31. The van der Waals surface area contributed by atoms with Crippen LogP contribution in [0.4, 0.5) is 0 Å². The number of hydrogen-bond acceptors (Lipinski definition) is 3. The van der Waals surface area contributed by atoms with Crippen molar-refractivity contribution >= 4 is 0 Å². The van der Waals surface area contributed by atoms with Gasteiger partial charge in [-0.05, 0) is 52.9 Å². The van der Waals surface area contributed by atoms with Gasteiger partial charge in [0.2, 0.25) is 0 Å². The molecule has 0 aromatic rings. The van der Waals surface area contributed by atoms with E-state index in [1.807, 2.05) is 0 Å². The smallest absolute Gasteiger partial charge is 0.0623 e. The van der Waals surface area contributed by atoms with Crippen LogP contribution in [-0.2, 0) is 0 Å². The van der Waals surface area contributed by atoms with Crippen LogP contribution in [0.5, 0.6) is 0 Å².